The second kappa shape index (κ2) is 10.7. The van der Waals surface area contributed by atoms with Gasteiger partial charge in [0.25, 0.3) is 5.91 Å². The molecular formula is C27H23N3O3S3. The van der Waals surface area contributed by atoms with Crippen LogP contribution >= 0.6 is 35.3 Å². The molecule has 36 heavy (non-hydrogen) atoms. The highest BCUT2D eigenvalue weighted by Crippen LogP contribution is 2.36. The summed E-state index contributed by atoms with van der Waals surface area (Å²) in [7, 11) is 3.22. The maximum atomic E-state index is 13.3. The molecule has 0 radical (unpaired) electrons. The van der Waals surface area contributed by atoms with E-state index in [0.29, 0.717) is 33.7 Å². The highest BCUT2D eigenvalue weighted by atomic mass is 32.2. The number of nitrogens with zero attached hydrogens (tertiary/aromatic N) is 3. The minimum atomic E-state index is -0.0879. The molecule has 1 amide bonds. The van der Waals surface area contributed by atoms with Crippen LogP contribution < -0.4 is 9.47 Å². The van der Waals surface area contributed by atoms with Gasteiger partial charge in [-0.25, -0.2) is 4.68 Å². The van der Waals surface area contributed by atoms with Crippen molar-refractivity contribution in [3.8, 4) is 27.8 Å². The Labute approximate surface area is 223 Å². The lowest BCUT2D eigenvalue weighted by Crippen LogP contribution is -2.30. The predicted molar refractivity (Wildman–Crippen MR) is 150 cm³/mol. The number of thiophene rings is 1. The van der Waals surface area contributed by atoms with E-state index in [-0.39, 0.29) is 5.91 Å². The van der Waals surface area contributed by atoms with Gasteiger partial charge < -0.3 is 9.47 Å². The number of thioether (sulfide) groups is 1. The molecule has 0 unspecified atom stereocenters. The van der Waals surface area contributed by atoms with Crippen LogP contribution in [0.2, 0.25) is 0 Å². The summed E-state index contributed by atoms with van der Waals surface area (Å²) < 4.78 is 13.1. The lowest BCUT2D eigenvalue weighted by molar-refractivity contribution is -0.122. The van der Waals surface area contributed by atoms with Crippen LogP contribution in [0, 0.1) is 0 Å². The van der Waals surface area contributed by atoms with Crippen molar-refractivity contribution in [2.75, 3.05) is 20.8 Å². The molecule has 0 bridgehead atoms. The Hall–Kier alpha value is -3.40. The van der Waals surface area contributed by atoms with E-state index in [0.717, 1.165) is 27.4 Å². The molecule has 2 aromatic heterocycles. The predicted octanol–water partition coefficient (Wildman–Crippen LogP) is 6.06. The van der Waals surface area contributed by atoms with Crippen molar-refractivity contribution in [1.29, 1.82) is 0 Å². The Bertz CT molecular complexity index is 1430. The number of carbonyl (C=O) groups is 1. The van der Waals surface area contributed by atoms with E-state index in [2.05, 4.69) is 0 Å². The molecule has 1 aliphatic heterocycles. The Morgan fingerprint density at radius 2 is 1.83 bits per heavy atom. The number of carbonyl (C=O) groups excluding carboxylic acids is 1. The summed E-state index contributed by atoms with van der Waals surface area (Å²) in [6, 6.07) is 19.7. The number of para-hydroxylation sites is 1. The average molecular weight is 534 g/mol. The monoisotopic (exact) mass is 533 g/mol. The summed E-state index contributed by atoms with van der Waals surface area (Å²) >= 11 is 8.52. The zero-order valence-corrected chi connectivity index (χ0v) is 22.2. The molecule has 1 saturated heterocycles. The quantitative estimate of drug-likeness (QED) is 0.203. The zero-order chi connectivity index (χ0) is 25.1. The third kappa shape index (κ3) is 4.95. The van der Waals surface area contributed by atoms with Crippen LogP contribution in [0.3, 0.4) is 0 Å². The number of methoxy groups -OCH3 is 2. The number of aromatic nitrogens is 2. The van der Waals surface area contributed by atoms with E-state index in [4.69, 9.17) is 26.8 Å². The minimum absolute atomic E-state index is 0.0879. The van der Waals surface area contributed by atoms with E-state index < -0.39 is 0 Å². The van der Waals surface area contributed by atoms with Crippen LogP contribution in [-0.2, 0) is 11.2 Å². The maximum absolute atomic E-state index is 13.3. The fourth-order valence-electron chi connectivity index (χ4n) is 3.92. The van der Waals surface area contributed by atoms with E-state index in [1.807, 2.05) is 83.0 Å². The highest BCUT2D eigenvalue weighted by molar-refractivity contribution is 8.26. The van der Waals surface area contributed by atoms with Gasteiger partial charge in [-0.05, 0) is 53.8 Å². The van der Waals surface area contributed by atoms with Crippen LogP contribution in [0.4, 0.5) is 0 Å². The van der Waals surface area contributed by atoms with Gasteiger partial charge in [-0.15, -0.1) is 11.3 Å². The molecular weight excluding hydrogens is 511 g/mol. The van der Waals surface area contributed by atoms with Crippen molar-refractivity contribution in [2.45, 2.75) is 6.42 Å². The van der Waals surface area contributed by atoms with Crippen molar-refractivity contribution in [3.63, 3.8) is 0 Å². The Kier molecular flexibility index (Phi) is 7.22. The largest absolute Gasteiger partial charge is 0.493 e. The fourth-order valence-corrected chi connectivity index (χ4v) is 5.95. The van der Waals surface area contributed by atoms with Gasteiger partial charge in [0.2, 0.25) is 0 Å². The van der Waals surface area contributed by atoms with Crippen LogP contribution in [0.25, 0.3) is 22.3 Å². The number of benzene rings is 2. The molecule has 0 spiro atoms. The molecule has 0 saturated carbocycles. The van der Waals surface area contributed by atoms with E-state index in [1.165, 1.54) is 11.8 Å². The van der Waals surface area contributed by atoms with Crippen molar-refractivity contribution < 1.29 is 14.3 Å². The molecule has 0 N–H and O–H groups in total. The van der Waals surface area contributed by atoms with Crippen molar-refractivity contribution in [2.24, 2.45) is 0 Å². The van der Waals surface area contributed by atoms with Crippen LogP contribution in [0.5, 0.6) is 11.5 Å². The van der Waals surface area contributed by atoms with Gasteiger partial charge in [0.15, 0.2) is 11.5 Å². The molecule has 5 rings (SSSR count). The van der Waals surface area contributed by atoms with Gasteiger partial charge in [0.1, 0.15) is 10.0 Å². The Morgan fingerprint density at radius 1 is 1.03 bits per heavy atom. The molecule has 3 heterocycles. The summed E-state index contributed by atoms with van der Waals surface area (Å²) in [4.78, 5) is 16.6. The van der Waals surface area contributed by atoms with Crippen LogP contribution in [-0.4, -0.2) is 45.7 Å². The van der Waals surface area contributed by atoms with Gasteiger partial charge >= 0.3 is 0 Å². The number of ether oxygens (including phenoxy) is 2. The molecule has 182 valence electrons. The number of thiocarbonyl (C=S) groups is 1. The third-order valence-electron chi connectivity index (χ3n) is 5.75. The Morgan fingerprint density at radius 3 is 2.56 bits per heavy atom. The smallest absolute Gasteiger partial charge is 0.266 e. The minimum Gasteiger partial charge on any atom is -0.493 e. The van der Waals surface area contributed by atoms with Crippen molar-refractivity contribution in [1.82, 2.24) is 14.7 Å². The van der Waals surface area contributed by atoms with Gasteiger partial charge in [0.05, 0.1) is 29.7 Å². The third-order valence-corrected chi connectivity index (χ3v) is 8.00. The van der Waals surface area contributed by atoms with Gasteiger partial charge in [-0.2, -0.15) is 5.10 Å². The second-order valence-corrected chi connectivity index (χ2v) is 10.6. The first-order valence-electron chi connectivity index (χ1n) is 11.2. The lowest BCUT2D eigenvalue weighted by Gasteiger charge is -2.15. The zero-order valence-electron chi connectivity index (χ0n) is 19.7. The molecule has 9 heteroatoms. The molecule has 2 aromatic carbocycles. The van der Waals surface area contributed by atoms with Crippen molar-refractivity contribution in [3.05, 3.63) is 88.3 Å². The van der Waals surface area contributed by atoms with E-state index in [1.54, 1.807) is 30.5 Å². The van der Waals surface area contributed by atoms with E-state index >= 15 is 0 Å². The number of hydrogen-bond donors (Lipinski definition) is 0. The lowest BCUT2D eigenvalue weighted by atomic mass is 10.1. The summed E-state index contributed by atoms with van der Waals surface area (Å²) in [6.45, 7) is 0.485. The first kappa shape index (κ1) is 24.3. The molecule has 1 aliphatic rings. The average Bonchev–Trinajstić information content (AvgIpc) is 3.64. The van der Waals surface area contributed by atoms with Crippen molar-refractivity contribution >= 4 is 51.6 Å². The molecule has 0 atom stereocenters. The highest BCUT2D eigenvalue weighted by Gasteiger charge is 2.32. The number of rotatable bonds is 8. The topological polar surface area (TPSA) is 56.6 Å². The standard InChI is InChI=1S/C27H23N3O3S3/c1-32-21-11-10-18(15-22(21)33-2)12-13-29-26(31)24(36-27(29)34)16-19-17-30(20-7-4-3-5-8-20)28-25(19)23-9-6-14-35-23/h3-11,14-17H,12-13H2,1-2H3/b24-16-. The van der Waals surface area contributed by atoms with Gasteiger partial charge in [-0.1, -0.05) is 54.3 Å². The first-order valence-corrected chi connectivity index (χ1v) is 13.3. The first-order chi connectivity index (χ1) is 17.6. The summed E-state index contributed by atoms with van der Waals surface area (Å²) in [5.41, 5.74) is 3.71. The van der Waals surface area contributed by atoms with Crippen LogP contribution in [0.1, 0.15) is 11.1 Å². The normalized spacial score (nSPS) is 14.6. The molecule has 6 nitrogen and oxygen atoms in total. The fraction of sp³-hybridized carbons (Fsp3) is 0.148. The van der Waals surface area contributed by atoms with Crippen LogP contribution in [0.15, 0.2) is 77.1 Å². The molecule has 0 aliphatic carbocycles. The second-order valence-electron chi connectivity index (χ2n) is 7.96. The Balaban J connectivity index is 1.39. The summed E-state index contributed by atoms with van der Waals surface area (Å²) in [5, 5.41) is 6.85. The maximum Gasteiger partial charge on any atom is 0.266 e. The van der Waals surface area contributed by atoms with Gasteiger partial charge in [-0.3, -0.25) is 9.69 Å². The molecule has 1 fully saturated rings. The number of amides is 1. The number of hydrogen-bond acceptors (Lipinski definition) is 7. The molecule has 4 aromatic rings. The summed E-state index contributed by atoms with van der Waals surface area (Å²) in [5.74, 6) is 1.25. The SMILES string of the molecule is COc1ccc(CCN2C(=O)/C(=C/c3cn(-c4ccccc4)nc3-c3cccs3)SC2=S)cc1OC. The van der Waals surface area contributed by atoms with E-state index in [9.17, 15) is 4.79 Å². The van der Waals surface area contributed by atoms with Gasteiger partial charge in [0, 0.05) is 18.3 Å². The summed E-state index contributed by atoms with van der Waals surface area (Å²) in [6.07, 6.45) is 4.50.